The van der Waals surface area contributed by atoms with Crippen LogP contribution >= 0.6 is 0 Å². The number of fused-ring (bicyclic) bond motifs is 1. The molecule has 1 heterocycles. The molecule has 5 heteroatoms. The molecule has 2 aliphatic rings. The van der Waals surface area contributed by atoms with Crippen molar-refractivity contribution >= 4 is 19.6 Å². The van der Waals surface area contributed by atoms with Crippen molar-refractivity contribution in [1.82, 2.24) is 4.90 Å². The lowest BCUT2D eigenvalue weighted by atomic mass is 9.93. The van der Waals surface area contributed by atoms with Crippen molar-refractivity contribution in [3.63, 3.8) is 0 Å². The highest BCUT2D eigenvalue weighted by molar-refractivity contribution is 6.57. The lowest BCUT2D eigenvalue weighted by Gasteiger charge is -2.25. The van der Waals surface area contributed by atoms with E-state index in [2.05, 4.69) is 12.2 Å². The smallest absolute Gasteiger partial charge is 0.329 e. The fourth-order valence-electron chi connectivity index (χ4n) is 2.62. The minimum absolute atomic E-state index is 0.145. The minimum Gasteiger partial charge on any atom is -0.464 e. The van der Waals surface area contributed by atoms with Gasteiger partial charge in [0.25, 0.3) is 0 Å². The first-order valence-electron chi connectivity index (χ1n) is 5.54. The van der Waals surface area contributed by atoms with Gasteiger partial charge in [-0.2, -0.15) is 0 Å². The molecule has 2 rings (SSSR count). The van der Waals surface area contributed by atoms with E-state index in [1.165, 1.54) is 4.90 Å². The number of hydrogen-bond donors (Lipinski definition) is 0. The molecule has 0 N–H and O–H groups in total. The van der Waals surface area contributed by atoms with Crippen LogP contribution in [0.3, 0.4) is 0 Å². The van der Waals surface area contributed by atoms with Gasteiger partial charge in [-0.1, -0.05) is 12.2 Å². The Balaban J connectivity index is 2.17. The highest BCUT2D eigenvalue weighted by Gasteiger charge is 2.47. The summed E-state index contributed by atoms with van der Waals surface area (Å²) in [5, 5.41) is 0. The van der Waals surface area contributed by atoms with Gasteiger partial charge >= 0.3 is 5.97 Å². The summed E-state index contributed by atoms with van der Waals surface area (Å²) >= 11 is 0. The van der Waals surface area contributed by atoms with E-state index in [-0.39, 0.29) is 17.8 Å². The van der Waals surface area contributed by atoms with Gasteiger partial charge < -0.3 is 9.64 Å². The molecule has 4 nitrogen and oxygen atoms in total. The fraction of sp³-hybridized carbons (Fsp3) is 0.636. The van der Waals surface area contributed by atoms with E-state index in [4.69, 9.17) is 12.6 Å². The van der Waals surface area contributed by atoms with Crippen molar-refractivity contribution in [3.05, 3.63) is 12.2 Å². The van der Waals surface area contributed by atoms with Crippen LogP contribution in [0.25, 0.3) is 0 Å². The Kier molecular flexibility index (Phi) is 3.03. The van der Waals surface area contributed by atoms with Crippen LogP contribution < -0.4 is 0 Å². The van der Waals surface area contributed by atoms with Gasteiger partial charge in [0, 0.05) is 18.4 Å². The molecular formula is C11H14BNO3. The first kappa shape index (κ1) is 11.2. The standard InChI is InChI=1S/C11H14BNO3/c1-2-16-10(14)9-8-5-3-4-7(8)6-13(9)11(12)15/h3-4,7-9H,2,5-6H2,1H3/t7-,8-,9?/m0/s1. The van der Waals surface area contributed by atoms with E-state index in [0.717, 1.165) is 6.42 Å². The maximum absolute atomic E-state index is 11.8. The van der Waals surface area contributed by atoms with Gasteiger partial charge in [-0.25, -0.2) is 4.79 Å². The topological polar surface area (TPSA) is 46.6 Å². The zero-order valence-electron chi connectivity index (χ0n) is 9.26. The number of carbonyl (C=O) groups excluding carboxylic acids is 2. The molecule has 1 aliphatic heterocycles. The summed E-state index contributed by atoms with van der Waals surface area (Å²) in [5.74, 6) is -0.480. The average Bonchev–Trinajstić information content (AvgIpc) is 2.75. The third-order valence-electron chi connectivity index (χ3n) is 3.30. The predicted octanol–water partition coefficient (Wildman–Crippen LogP) is 0.715. The van der Waals surface area contributed by atoms with Gasteiger partial charge in [0.15, 0.2) is 5.81 Å². The molecule has 1 amide bonds. The summed E-state index contributed by atoms with van der Waals surface area (Å²) in [6.07, 6.45) is 4.93. The molecular weight excluding hydrogens is 205 g/mol. The first-order valence-corrected chi connectivity index (χ1v) is 5.54. The molecule has 0 aromatic carbocycles. The Labute approximate surface area is 96.0 Å². The fourth-order valence-corrected chi connectivity index (χ4v) is 2.62. The van der Waals surface area contributed by atoms with Gasteiger partial charge in [-0.15, -0.1) is 0 Å². The molecule has 84 valence electrons. The SMILES string of the molecule is [B]C(=O)N1C[C@@H]2C=CC[C@@H]2C1C(=O)OCC. The van der Waals surface area contributed by atoms with Crippen molar-refractivity contribution in [2.45, 2.75) is 19.4 Å². The molecule has 3 atom stereocenters. The van der Waals surface area contributed by atoms with E-state index in [1.54, 1.807) is 6.92 Å². The van der Waals surface area contributed by atoms with Crippen LogP contribution in [0.5, 0.6) is 0 Å². The van der Waals surface area contributed by atoms with Crippen LogP contribution in [-0.2, 0) is 9.53 Å². The number of hydrogen-bond acceptors (Lipinski definition) is 3. The van der Waals surface area contributed by atoms with E-state index in [0.29, 0.717) is 13.2 Å². The normalized spacial score (nSPS) is 31.6. The Morgan fingerprint density at radius 1 is 1.56 bits per heavy atom. The van der Waals surface area contributed by atoms with Crippen LogP contribution in [-0.4, -0.2) is 43.7 Å². The zero-order chi connectivity index (χ0) is 11.7. The van der Waals surface area contributed by atoms with E-state index < -0.39 is 11.8 Å². The Morgan fingerprint density at radius 2 is 2.31 bits per heavy atom. The molecule has 1 fully saturated rings. The van der Waals surface area contributed by atoms with Crippen LogP contribution in [0, 0.1) is 11.8 Å². The number of esters is 1. The summed E-state index contributed by atoms with van der Waals surface area (Å²) in [6.45, 7) is 2.61. The summed E-state index contributed by atoms with van der Waals surface area (Å²) in [7, 11) is 5.28. The van der Waals surface area contributed by atoms with Gasteiger partial charge in [-0.05, 0) is 13.3 Å². The Morgan fingerprint density at radius 3 is 2.94 bits per heavy atom. The molecule has 1 aliphatic carbocycles. The van der Waals surface area contributed by atoms with E-state index >= 15 is 0 Å². The highest BCUT2D eigenvalue weighted by atomic mass is 16.5. The van der Waals surface area contributed by atoms with Gasteiger partial charge in [0.2, 0.25) is 7.85 Å². The number of likely N-dealkylation sites (tertiary alicyclic amines) is 1. The van der Waals surface area contributed by atoms with Gasteiger partial charge in [0.1, 0.15) is 6.04 Å². The number of allylic oxidation sites excluding steroid dienone is 1. The molecule has 0 saturated carbocycles. The van der Waals surface area contributed by atoms with E-state index in [9.17, 15) is 9.59 Å². The molecule has 1 saturated heterocycles. The number of ether oxygens (including phenoxy) is 1. The summed E-state index contributed by atoms with van der Waals surface area (Å²) in [6, 6.07) is -0.502. The Bertz CT molecular complexity index is 342. The maximum Gasteiger partial charge on any atom is 0.329 e. The first-order chi connectivity index (χ1) is 7.65. The molecule has 2 radical (unpaired) electrons. The van der Waals surface area contributed by atoms with Crippen LogP contribution in [0.15, 0.2) is 12.2 Å². The molecule has 0 aromatic heterocycles. The molecule has 0 aromatic rings. The van der Waals surface area contributed by atoms with Gasteiger partial charge in [-0.3, -0.25) is 4.79 Å². The average molecular weight is 219 g/mol. The molecule has 1 unspecified atom stereocenters. The van der Waals surface area contributed by atoms with Crippen LogP contribution in [0.2, 0.25) is 0 Å². The van der Waals surface area contributed by atoms with Crippen molar-refractivity contribution in [3.8, 4) is 0 Å². The number of rotatable bonds is 2. The zero-order valence-corrected chi connectivity index (χ0v) is 9.26. The molecule has 0 bridgehead atoms. The minimum atomic E-state index is -0.541. The third kappa shape index (κ3) is 1.74. The number of amides is 1. The molecule has 0 spiro atoms. The lowest BCUT2D eigenvalue weighted by molar-refractivity contribution is -0.148. The summed E-state index contributed by atoms with van der Waals surface area (Å²) in [5.41, 5.74) is 0. The molecule has 16 heavy (non-hydrogen) atoms. The summed E-state index contributed by atoms with van der Waals surface area (Å²) in [4.78, 5) is 24.5. The second kappa shape index (κ2) is 4.32. The lowest BCUT2D eigenvalue weighted by Crippen LogP contribution is -2.43. The highest BCUT2D eigenvalue weighted by Crippen LogP contribution is 2.38. The Hall–Kier alpha value is -1.26. The number of nitrogens with zero attached hydrogens (tertiary/aromatic N) is 1. The monoisotopic (exact) mass is 219 g/mol. The van der Waals surface area contributed by atoms with Crippen molar-refractivity contribution in [2.75, 3.05) is 13.2 Å². The van der Waals surface area contributed by atoms with Crippen molar-refractivity contribution in [1.29, 1.82) is 0 Å². The second-order valence-corrected chi connectivity index (χ2v) is 4.18. The second-order valence-electron chi connectivity index (χ2n) is 4.18. The quantitative estimate of drug-likeness (QED) is 0.390. The van der Waals surface area contributed by atoms with Gasteiger partial charge in [0.05, 0.1) is 6.61 Å². The predicted molar refractivity (Wildman–Crippen MR) is 59.0 cm³/mol. The van der Waals surface area contributed by atoms with Crippen molar-refractivity contribution < 1.29 is 14.3 Å². The van der Waals surface area contributed by atoms with Crippen molar-refractivity contribution in [2.24, 2.45) is 11.8 Å². The van der Waals surface area contributed by atoms with Crippen LogP contribution in [0.4, 0.5) is 4.79 Å². The number of carbonyl (C=O) groups is 2. The largest absolute Gasteiger partial charge is 0.464 e. The maximum atomic E-state index is 11.8. The van der Waals surface area contributed by atoms with Crippen LogP contribution in [0.1, 0.15) is 13.3 Å². The summed E-state index contributed by atoms with van der Waals surface area (Å²) < 4.78 is 5.00. The third-order valence-corrected chi connectivity index (χ3v) is 3.30. The van der Waals surface area contributed by atoms with E-state index in [1.807, 2.05) is 0 Å².